The van der Waals surface area contributed by atoms with E-state index >= 15 is 0 Å². The number of hydrogen-bond donors (Lipinski definition) is 2. The number of rotatable bonds is 16. The first-order valence-corrected chi connectivity index (χ1v) is 22.8. The summed E-state index contributed by atoms with van der Waals surface area (Å²) < 4.78 is 48.5. The van der Waals surface area contributed by atoms with Crippen molar-refractivity contribution < 1.29 is 62.3 Å². The van der Waals surface area contributed by atoms with Crippen LogP contribution in [0.4, 0.5) is 8.78 Å². The SMILES string of the molecule is CCCCn1c(=O)c2c(C(O)c3ccc(F)cc3)c(Oc3ccc(Cl)cc3)cnc2n(C)c1=O.Cn1c(=O)n(CCCOC=O)c(=O)c2c(Cc3ccc(F)cc3)c(Oc3ccc(Cl)cc3)cnc21.O=CO.[Zn]. The van der Waals surface area contributed by atoms with Gasteiger partial charge in [-0.2, -0.15) is 0 Å². The van der Waals surface area contributed by atoms with Crippen molar-refractivity contribution in [3.05, 3.63) is 195 Å². The number of ether oxygens (including phenoxy) is 3. The van der Waals surface area contributed by atoms with Crippen LogP contribution in [0.1, 0.15) is 54.5 Å². The van der Waals surface area contributed by atoms with Gasteiger partial charge < -0.3 is 24.4 Å². The summed E-state index contributed by atoms with van der Waals surface area (Å²) >= 11 is 11.9. The van der Waals surface area contributed by atoms with Crippen LogP contribution in [0.2, 0.25) is 10.0 Å². The van der Waals surface area contributed by atoms with E-state index in [0.29, 0.717) is 51.3 Å². The van der Waals surface area contributed by atoms with Crippen molar-refractivity contribution in [1.29, 1.82) is 0 Å². The summed E-state index contributed by atoms with van der Waals surface area (Å²) in [5, 5.41) is 19.6. The molecule has 376 valence electrons. The van der Waals surface area contributed by atoms with Gasteiger partial charge in [-0.3, -0.25) is 37.4 Å². The smallest absolute Gasteiger partial charge is 0.332 e. The molecule has 22 heteroatoms. The molecule has 8 rings (SSSR count). The minimum absolute atomic E-state index is 0. The van der Waals surface area contributed by atoms with Crippen LogP contribution in [-0.2, 0) is 67.4 Å². The molecule has 0 amide bonds. The Kier molecular flexibility index (Phi) is 20.4. The third kappa shape index (κ3) is 13.6. The molecule has 17 nitrogen and oxygen atoms in total. The number of aromatic nitrogens is 6. The molecule has 0 aliphatic heterocycles. The second-order valence-corrected chi connectivity index (χ2v) is 16.7. The maximum absolute atomic E-state index is 13.5. The number of aliphatic hydroxyl groups is 1. The first-order chi connectivity index (χ1) is 34.6. The summed E-state index contributed by atoms with van der Waals surface area (Å²) in [6, 6.07) is 24.5. The average molecular weight is 1090 g/mol. The number of carboxylic acid groups (broad SMARTS) is 1. The second-order valence-electron chi connectivity index (χ2n) is 15.8. The molecule has 8 aromatic rings. The van der Waals surface area contributed by atoms with E-state index in [1.54, 1.807) is 60.7 Å². The Bertz CT molecular complexity index is 3450. The van der Waals surface area contributed by atoms with Crippen molar-refractivity contribution in [3.8, 4) is 23.0 Å². The van der Waals surface area contributed by atoms with E-state index in [1.807, 2.05) is 6.92 Å². The predicted octanol–water partition coefficient (Wildman–Crippen LogP) is 8.09. The summed E-state index contributed by atoms with van der Waals surface area (Å²) in [5.41, 5.74) is -0.123. The molecule has 2 N–H and O–H groups in total. The maximum Gasteiger partial charge on any atom is 0.332 e. The summed E-state index contributed by atoms with van der Waals surface area (Å²) in [6.45, 7) is 2.36. The molecule has 0 saturated carbocycles. The molecule has 0 saturated heterocycles. The maximum atomic E-state index is 13.5. The van der Waals surface area contributed by atoms with Crippen LogP contribution in [0.25, 0.3) is 22.1 Å². The van der Waals surface area contributed by atoms with Gasteiger partial charge in [0.1, 0.15) is 46.3 Å². The van der Waals surface area contributed by atoms with Gasteiger partial charge in [0.25, 0.3) is 24.1 Å². The van der Waals surface area contributed by atoms with E-state index in [2.05, 4.69) is 14.7 Å². The fourth-order valence-electron chi connectivity index (χ4n) is 7.51. The number of aliphatic hydroxyl groups excluding tert-OH is 1. The first-order valence-electron chi connectivity index (χ1n) is 22.0. The molecule has 1 atom stereocenters. The van der Waals surface area contributed by atoms with Crippen LogP contribution in [0, 0.1) is 11.6 Å². The Morgan fingerprint density at radius 1 is 0.671 bits per heavy atom. The zero-order valence-corrected chi connectivity index (χ0v) is 44.0. The third-order valence-electron chi connectivity index (χ3n) is 11.1. The number of halogens is 4. The van der Waals surface area contributed by atoms with Gasteiger partial charge in [-0.15, -0.1) is 0 Å². The first kappa shape index (κ1) is 56.5. The van der Waals surface area contributed by atoms with Crippen molar-refractivity contribution >= 4 is 58.2 Å². The van der Waals surface area contributed by atoms with E-state index in [-0.39, 0.29) is 97.7 Å². The largest absolute Gasteiger partial charge is 0.483 e. The molecule has 4 aromatic heterocycles. The standard InChI is InChI=1S/C25H21ClFN3O5.C25H23ClFN3O4.CH2O2.Zn/c1-29-23-22(24(32)30(25(29)33)11-2-12-34-15-31)20(13-16-3-7-18(27)8-4-16)21(14-28-23)35-19-9-5-17(26)6-10-19;1-3-4-13-30-24(32)21-20(22(31)15-5-9-17(27)10-6-15)19(14-28-23(21)29(2)25(30)33)34-18-11-7-16(26)8-12-18;2-1-3;/h3-10,14-15H,2,11-13H2,1H3;5-12,14,22,31H,3-4,13H2,1-2H3;1H,(H,2,3);. The van der Waals surface area contributed by atoms with Gasteiger partial charge >= 0.3 is 11.4 Å². The van der Waals surface area contributed by atoms with Crippen molar-refractivity contribution in [2.24, 2.45) is 14.1 Å². The Morgan fingerprint density at radius 3 is 1.63 bits per heavy atom. The van der Waals surface area contributed by atoms with Crippen LogP contribution >= 0.6 is 23.2 Å². The van der Waals surface area contributed by atoms with Gasteiger partial charge in [0, 0.05) is 74.3 Å². The van der Waals surface area contributed by atoms with Gasteiger partial charge in [-0.25, -0.2) is 28.3 Å². The average Bonchev–Trinajstić information content (AvgIpc) is 3.37. The quantitative estimate of drug-likeness (QED) is 0.0532. The van der Waals surface area contributed by atoms with E-state index in [4.69, 9.17) is 42.6 Å². The molecule has 0 fully saturated rings. The molecule has 1 unspecified atom stereocenters. The van der Waals surface area contributed by atoms with Gasteiger partial charge in [0.15, 0.2) is 5.75 Å². The molecule has 0 radical (unpaired) electrons. The molecule has 0 aliphatic carbocycles. The molecule has 0 bridgehead atoms. The summed E-state index contributed by atoms with van der Waals surface area (Å²) in [6.07, 6.45) is 3.39. The van der Waals surface area contributed by atoms with Crippen LogP contribution in [0.15, 0.2) is 129 Å². The number of carbonyl (C=O) groups is 2. The van der Waals surface area contributed by atoms with E-state index in [0.717, 1.165) is 21.1 Å². The number of nitrogens with zero attached hydrogens (tertiary/aromatic N) is 6. The number of pyridine rings is 2. The van der Waals surface area contributed by atoms with Crippen LogP contribution < -0.4 is 32.0 Å². The molecular formula is C51H46Cl2F2N6O11Zn. The fraction of sp³-hybridized carbons (Fsp3) is 0.216. The number of fused-ring (bicyclic) bond motifs is 2. The van der Waals surface area contributed by atoms with Crippen LogP contribution in [0.3, 0.4) is 0 Å². The van der Waals surface area contributed by atoms with Gasteiger partial charge in [0.05, 0.1) is 29.8 Å². The Labute approximate surface area is 437 Å². The fourth-order valence-corrected chi connectivity index (χ4v) is 7.76. The number of unbranched alkanes of at least 4 members (excludes halogenated alkanes) is 1. The number of carbonyl (C=O) groups excluding carboxylic acids is 1. The van der Waals surface area contributed by atoms with Crippen molar-refractivity contribution in [1.82, 2.24) is 28.2 Å². The summed E-state index contributed by atoms with van der Waals surface area (Å²) in [7, 11) is 3.05. The van der Waals surface area contributed by atoms with E-state index < -0.39 is 34.4 Å². The van der Waals surface area contributed by atoms with Crippen molar-refractivity contribution in [2.75, 3.05) is 6.61 Å². The zero-order valence-electron chi connectivity index (χ0n) is 39.5. The predicted molar refractivity (Wildman–Crippen MR) is 265 cm³/mol. The Morgan fingerprint density at radius 2 is 1.12 bits per heavy atom. The Hall–Kier alpha value is -7.38. The van der Waals surface area contributed by atoms with Crippen LogP contribution in [0.5, 0.6) is 23.0 Å². The van der Waals surface area contributed by atoms with Crippen molar-refractivity contribution in [3.63, 3.8) is 0 Å². The summed E-state index contributed by atoms with van der Waals surface area (Å²) in [4.78, 5) is 80.2. The second kappa shape index (κ2) is 26.4. The third-order valence-corrected chi connectivity index (χ3v) is 11.6. The minimum atomic E-state index is -1.35. The zero-order chi connectivity index (χ0) is 52.1. The molecule has 4 aromatic carbocycles. The molecule has 73 heavy (non-hydrogen) atoms. The van der Waals surface area contributed by atoms with Gasteiger partial charge in [-0.05, 0) is 96.8 Å². The van der Waals surface area contributed by atoms with Gasteiger partial charge in [0.2, 0.25) is 0 Å². The van der Waals surface area contributed by atoms with Crippen molar-refractivity contribution in [2.45, 2.75) is 51.8 Å². The number of aryl methyl sites for hydroxylation is 2. The van der Waals surface area contributed by atoms with E-state index in [1.165, 1.54) is 72.0 Å². The molecule has 0 spiro atoms. The summed E-state index contributed by atoms with van der Waals surface area (Å²) in [5.74, 6) is 0.493. The monoisotopic (exact) mass is 1090 g/mol. The topological polar surface area (TPSA) is 216 Å². The molecule has 0 aliphatic rings. The molecule has 4 heterocycles. The number of hydrogen-bond acceptors (Lipinski definition) is 12. The molecular weight excluding hydrogens is 1050 g/mol. The van der Waals surface area contributed by atoms with Gasteiger partial charge in [-0.1, -0.05) is 60.8 Å². The Balaban J connectivity index is 0.000000254. The van der Waals surface area contributed by atoms with Crippen LogP contribution in [-0.4, -0.2) is 58.0 Å². The van der Waals surface area contributed by atoms with E-state index in [9.17, 15) is 37.9 Å². The normalized spacial score (nSPS) is 11.1. The minimum Gasteiger partial charge on any atom is -0.483 e. The number of benzene rings is 4.